The van der Waals surface area contributed by atoms with E-state index >= 15 is 0 Å². The van der Waals surface area contributed by atoms with Crippen LogP contribution in [-0.2, 0) is 9.59 Å². The third-order valence-electron chi connectivity index (χ3n) is 5.07. The van der Waals surface area contributed by atoms with E-state index in [1.54, 1.807) is 4.90 Å². The largest absolute Gasteiger partial charge is 0.454 e. The van der Waals surface area contributed by atoms with Gasteiger partial charge < -0.3 is 14.8 Å². The Bertz CT molecular complexity index is 833. The molecule has 0 spiro atoms. The molecule has 0 radical (unpaired) electrons. The summed E-state index contributed by atoms with van der Waals surface area (Å²) in [4.78, 5) is 26.9. The molecule has 148 valence electrons. The normalized spacial score (nSPS) is 20.4. The number of carbonyl (C=O) groups excluding carboxylic acids is 2. The van der Waals surface area contributed by atoms with Crippen molar-refractivity contribution in [2.75, 3.05) is 13.3 Å². The zero-order valence-corrected chi connectivity index (χ0v) is 17.1. The molecule has 0 atom stereocenters. The van der Waals surface area contributed by atoms with Crippen molar-refractivity contribution in [1.82, 2.24) is 10.2 Å². The number of benzene rings is 1. The quantitative estimate of drug-likeness (QED) is 0.564. The van der Waals surface area contributed by atoms with Crippen LogP contribution in [0, 0.1) is 0 Å². The highest BCUT2D eigenvalue weighted by molar-refractivity contribution is 8.26. The van der Waals surface area contributed by atoms with Gasteiger partial charge >= 0.3 is 0 Å². The number of ether oxygens (including phenoxy) is 2. The predicted octanol–water partition coefficient (Wildman–Crippen LogP) is 3.46. The first kappa shape index (κ1) is 19.3. The SMILES string of the molecule is O=C(CCCN1C(=O)/C(=C/c2ccc3c(c2)OCO3)SC1=S)NC1CCCC1. The molecule has 0 aromatic heterocycles. The minimum absolute atomic E-state index is 0.0632. The zero-order chi connectivity index (χ0) is 19.5. The van der Waals surface area contributed by atoms with Gasteiger partial charge in [-0.1, -0.05) is 42.9 Å². The molecule has 1 aromatic carbocycles. The van der Waals surface area contributed by atoms with Crippen LogP contribution in [0.3, 0.4) is 0 Å². The van der Waals surface area contributed by atoms with E-state index in [4.69, 9.17) is 21.7 Å². The number of hydrogen-bond donors (Lipinski definition) is 1. The first-order valence-electron chi connectivity index (χ1n) is 9.54. The second kappa shape index (κ2) is 8.53. The Labute approximate surface area is 173 Å². The Hall–Kier alpha value is -2.06. The second-order valence-electron chi connectivity index (χ2n) is 7.10. The summed E-state index contributed by atoms with van der Waals surface area (Å²) in [6.07, 6.45) is 7.36. The molecule has 8 heteroatoms. The molecule has 1 saturated heterocycles. The van der Waals surface area contributed by atoms with Crippen LogP contribution in [0.25, 0.3) is 6.08 Å². The van der Waals surface area contributed by atoms with Crippen LogP contribution in [0.1, 0.15) is 44.1 Å². The third kappa shape index (κ3) is 4.33. The topological polar surface area (TPSA) is 67.9 Å². The minimum atomic E-state index is -0.108. The van der Waals surface area contributed by atoms with Crippen molar-refractivity contribution >= 4 is 46.2 Å². The molecule has 6 nitrogen and oxygen atoms in total. The second-order valence-corrected chi connectivity index (χ2v) is 8.77. The average Bonchev–Trinajstić information content (AvgIpc) is 3.39. The molecule has 0 unspecified atom stereocenters. The summed E-state index contributed by atoms with van der Waals surface area (Å²) in [6, 6.07) is 5.89. The van der Waals surface area contributed by atoms with Gasteiger partial charge in [0.1, 0.15) is 4.32 Å². The molecule has 2 amide bonds. The zero-order valence-electron chi connectivity index (χ0n) is 15.4. The van der Waals surface area contributed by atoms with E-state index in [1.165, 1.54) is 24.6 Å². The van der Waals surface area contributed by atoms with E-state index in [-0.39, 0.29) is 18.6 Å². The Morgan fingerprint density at radius 3 is 2.89 bits per heavy atom. The van der Waals surface area contributed by atoms with Crippen molar-refractivity contribution in [3.8, 4) is 11.5 Å². The molecule has 1 aromatic rings. The maximum absolute atomic E-state index is 12.7. The smallest absolute Gasteiger partial charge is 0.266 e. The lowest BCUT2D eigenvalue weighted by Gasteiger charge is -2.15. The number of nitrogens with one attached hydrogen (secondary N) is 1. The Kier molecular flexibility index (Phi) is 5.87. The number of amides is 2. The van der Waals surface area contributed by atoms with Gasteiger partial charge in [0.2, 0.25) is 12.7 Å². The molecule has 1 N–H and O–H groups in total. The molecular formula is C20H22N2O4S2. The number of thiocarbonyl (C=S) groups is 1. The Balaban J connectivity index is 1.31. The molecule has 0 bridgehead atoms. The van der Waals surface area contributed by atoms with E-state index in [2.05, 4.69) is 5.32 Å². The molecule has 4 rings (SSSR count). The van der Waals surface area contributed by atoms with Crippen molar-refractivity contribution in [2.24, 2.45) is 0 Å². The molecule has 1 aliphatic carbocycles. The number of hydrogen-bond acceptors (Lipinski definition) is 6. The fourth-order valence-electron chi connectivity index (χ4n) is 3.61. The number of carbonyl (C=O) groups is 2. The van der Waals surface area contributed by atoms with Gasteiger partial charge in [-0.3, -0.25) is 14.5 Å². The van der Waals surface area contributed by atoms with E-state index in [1.807, 2.05) is 24.3 Å². The van der Waals surface area contributed by atoms with Gasteiger partial charge in [-0.05, 0) is 43.0 Å². The van der Waals surface area contributed by atoms with E-state index in [0.717, 1.165) is 18.4 Å². The maximum atomic E-state index is 12.7. The first-order valence-corrected chi connectivity index (χ1v) is 10.8. The minimum Gasteiger partial charge on any atom is -0.454 e. The van der Waals surface area contributed by atoms with E-state index in [9.17, 15) is 9.59 Å². The molecule has 3 aliphatic rings. The average molecular weight is 419 g/mol. The van der Waals surface area contributed by atoms with Crippen molar-refractivity contribution in [3.05, 3.63) is 28.7 Å². The predicted molar refractivity (Wildman–Crippen MR) is 112 cm³/mol. The van der Waals surface area contributed by atoms with Crippen LogP contribution in [-0.4, -0.2) is 40.4 Å². The van der Waals surface area contributed by atoms with Gasteiger partial charge in [0.15, 0.2) is 11.5 Å². The summed E-state index contributed by atoms with van der Waals surface area (Å²) in [5, 5.41) is 3.07. The van der Waals surface area contributed by atoms with Gasteiger partial charge in [0.05, 0.1) is 4.91 Å². The molecule has 2 aliphatic heterocycles. The molecule has 1 saturated carbocycles. The molecule has 2 fully saturated rings. The summed E-state index contributed by atoms with van der Waals surface area (Å²) in [5.74, 6) is 1.34. The molecule has 2 heterocycles. The van der Waals surface area contributed by atoms with Crippen molar-refractivity contribution < 1.29 is 19.1 Å². The molecular weight excluding hydrogens is 396 g/mol. The van der Waals surface area contributed by atoms with E-state index < -0.39 is 0 Å². The summed E-state index contributed by atoms with van der Waals surface area (Å²) < 4.78 is 11.2. The van der Waals surface area contributed by atoms with E-state index in [0.29, 0.717) is 46.2 Å². The number of rotatable bonds is 6. The molecule has 28 heavy (non-hydrogen) atoms. The Morgan fingerprint density at radius 1 is 1.29 bits per heavy atom. The summed E-state index contributed by atoms with van der Waals surface area (Å²) in [6.45, 7) is 0.677. The highest BCUT2D eigenvalue weighted by Gasteiger charge is 2.31. The van der Waals surface area contributed by atoms with Crippen LogP contribution in [0.2, 0.25) is 0 Å². The van der Waals surface area contributed by atoms with Crippen LogP contribution in [0.4, 0.5) is 0 Å². The van der Waals surface area contributed by atoms with Crippen molar-refractivity contribution in [2.45, 2.75) is 44.6 Å². The van der Waals surface area contributed by atoms with Crippen LogP contribution in [0.15, 0.2) is 23.1 Å². The third-order valence-corrected chi connectivity index (χ3v) is 6.45. The highest BCUT2D eigenvalue weighted by Crippen LogP contribution is 2.36. The van der Waals surface area contributed by atoms with Crippen LogP contribution < -0.4 is 14.8 Å². The highest BCUT2D eigenvalue weighted by atomic mass is 32.2. The summed E-state index contributed by atoms with van der Waals surface area (Å²) >= 11 is 6.66. The Morgan fingerprint density at radius 2 is 2.07 bits per heavy atom. The number of thioether (sulfide) groups is 1. The fourth-order valence-corrected chi connectivity index (χ4v) is 4.92. The lowest BCUT2D eigenvalue weighted by atomic mass is 10.2. The maximum Gasteiger partial charge on any atom is 0.266 e. The standard InChI is InChI=1S/C20H22N2O4S2/c23-18(21-14-4-1-2-5-14)6-3-9-22-19(24)17(28-20(22)27)11-13-7-8-15-16(10-13)26-12-25-15/h7-8,10-11,14H,1-6,9,12H2,(H,21,23)/b17-11-. The first-order chi connectivity index (χ1) is 13.6. The number of fused-ring (bicyclic) bond motifs is 1. The van der Waals surface area contributed by atoms with Crippen LogP contribution in [0.5, 0.6) is 11.5 Å². The van der Waals surface area contributed by atoms with Crippen molar-refractivity contribution in [3.63, 3.8) is 0 Å². The summed E-state index contributed by atoms with van der Waals surface area (Å²) in [7, 11) is 0. The van der Waals surface area contributed by atoms with Gasteiger partial charge in [0, 0.05) is 19.0 Å². The van der Waals surface area contributed by atoms with Crippen LogP contribution >= 0.6 is 24.0 Å². The lowest BCUT2D eigenvalue weighted by molar-refractivity contribution is -0.124. The van der Waals surface area contributed by atoms with Gasteiger partial charge in [-0.15, -0.1) is 0 Å². The van der Waals surface area contributed by atoms with Gasteiger partial charge in [0.25, 0.3) is 5.91 Å². The van der Waals surface area contributed by atoms with Crippen molar-refractivity contribution in [1.29, 1.82) is 0 Å². The van der Waals surface area contributed by atoms with Gasteiger partial charge in [-0.2, -0.15) is 0 Å². The summed E-state index contributed by atoms with van der Waals surface area (Å²) in [5.41, 5.74) is 0.862. The fraction of sp³-hybridized carbons (Fsp3) is 0.450. The van der Waals surface area contributed by atoms with Gasteiger partial charge in [-0.25, -0.2) is 0 Å². The monoisotopic (exact) mass is 418 g/mol. The lowest BCUT2D eigenvalue weighted by Crippen LogP contribution is -2.34. The number of nitrogens with zero attached hydrogens (tertiary/aromatic N) is 1.